The van der Waals surface area contributed by atoms with E-state index in [0.717, 1.165) is 45.0 Å². The molecule has 0 bridgehead atoms. The largest absolute Gasteiger partial charge is 0.309 e. The fourth-order valence-corrected chi connectivity index (χ4v) is 15.5. The zero-order valence-electron chi connectivity index (χ0n) is 87.9. The summed E-state index contributed by atoms with van der Waals surface area (Å²) in [5.41, 5.74) is 3.34. The third-order valence-electron chi connectivity index (χ3n) is 20.9. The number of fused-ring (bicyclic) bond motifs is 9. The number of anilines is 9. The van der Waals surface area contributed by atoms with Gasteiger partial charge in [-0.25, -0.2) is 0 Å². The summed E-state index contributed by atoms with van der Waals surface area (Å²) >= 11 is 0. The molecule has 0 N–H and O–H groups in total. The smallest absolute Gasteiger partial charge is 0.0948 e. The molecule has 1 aliphatic carbocycles. The minimum Gasteiger partial charge on any atom is -0.309 e. The molecule has 3 heterocycles. The maximum Gasteiger partial charge on any atom is 0.0948 e. The second kappa shape index (κ2) is 25.0. The van der Waals surface area contributed by atoms with Crippen LogP contribution >= 0.6 is 0 Å². The van der Waals surface area contributed by atoms with Crippen LogP contribution in [0.2, 0.25) is 0 Å². The van der Waals surface area contributed by atoms with Crippen LogP contribution in [0.5, 0.6) is 0 Å². The number of hydrogen-bond acceptors (Lipinski definition) is 3. The molecule has 0 saturated carbocycles. The second-order valence-electron chi connectivity index (χ2n) is 31.8. The number of aromatic nitrogens is 1. The topological polar surface area (TPSA) is 14.7 Å². The van der Waals surface area contributed by atoms with Crippen LogP contribution in [-0.4, -0.2) is 4.57 Å². The molecule has 0 saturated heterocycles. The molecule has 1 aromatic heterocycles. The van der Waals surface area contributed by atoms with Crippen molar-refractivity contribution in [2.24, 2.45) is 0 Å². The maximum atomic E-state index is 10.3. The van der Waals surface area contributed by atoms with Crippen molar-refractivity contribution in [3.05, 3.63) is 359 Å². The fourth-order valence-electron chi connectivity index (χ4n) is 15.5. The monoisotopic (exact) mass is 1400 g/mol. The van der Waals surface area contributed by atoms with Crippen molar-refractivity contribution in [3.8, 4) is 61.3 Å². The van der Waals surface area contributed by atoms with Gasteiger partial charge in [0.2, 0.25) is 0 Å². The number of rotatable bonds is 9. The van der Waals surface area contributed by atoms with Gasteiger partial charge in [0, 0.05) is 44.6 Å². The molecular formula is C102H90N4. The standard InChI is InChI=1S/C102H90N4/c1-99(2,3)74-54-72(55-75(59-74)100(4,5)6)69-49-51-89-91(56-69)104-90-52-50-78(103-87-47-31-29-45-81(87)82-46-30-32-48-88(82)103)64-92(90)106(97-85(67-37-21-15-22-38-67)62-77(102(10,11)12)63-86(97)68-39-23-16-24-40-68)94-58-73(95-79-43-27-25-41-70(79)53-71-42-26-28-44-80(71)95)57-93(98(94)104)105(89)96-83(65-33-17-13-18-34-65)60-76(101(7,8)9)61-84(96)66-35-19-14-20-36-66/h13-52,54-64,95H,53H2,1-12H3/i13D,15D,16D,17D,18D,19D,20D,21D,22D,23D,24D,29D,30D,31D,32D,33D,34D,35D,36D,37D,38D,39D,40D,45D,46D,47D,48D. The second-order valence-corrected chi connectivity index (χ2v) is 31.8. The molecule has 0 radical (unpaired) electrons. The van der Waals surface area contributed by atoms with Crippen LogP contribution < -0.4 is 14.7 Å². The zero-order chi connectivity index (χ0) is 96.2. The van der Waals surface area contributed by atoms with Gasteiger partial charge in [-0.15, -0.1) is 0 Å². The first kappa shape index (κ1) is 42.9. The summed E-state index contributed by atoms with van der Waals surface area (Å²) in [6.07, 6.45) is 0.446. The molecule has 3 aliphatic rings. The molecule has 15 aromatic rings. The molecule has 2 aliphatic heterocycles. The van der Waals surface area contributed by atoms with E-state index in [4.69, 9.17) is 0 Å². The van der Waals surface area contributed by atoms with Crippen LogP contribution in [0.25, 0.3) is 83.1 Å². The van der Waals surface area contributed by atoms with Crippen LogP contribution in [0.3, 0.4) is 0 Å². The average Bonchev–Trinajstić information content (AvgIpc) is 0.908. The van der Waals surface area contributed by atoms with E-state index in [1.54, 1.807) is 47.4 Å². The van der Waals surface area contributed by atoms with Crippen LogP contribution in [-0.2, 0) is 28.1 Å². The fraction of sp³-hybridized carbons (Fsp3) is 0.176. The lowest BCUT2D eigenvalue weighted by molar-refractivity contribution is 0.569. The molecular weight excluding hydrogens is 1280 g/mol. The number of para-hydroxylation sites is 2. The molecule has 18 rings (SSSR count). The van der Waals surface area contributed by atoms with Crippen LogP contribution in [0.15, 0.2) is 309 Å². The van der Waals surface area contributed by atoms with E-state index >= 15 is 0 Å². The van der Waals surface area contributed by atoms with Gasteiger partial charge in [-0.1, -0.05) is 313 Å². The summed E-state index contributed by atoms with van der Waals surface area (Å²) in [4.78, 5) is 5.49. The molecule has 0 unspecified atom stereocenters. The minimum absolute atomic E-state index is 0.0116. The molecule has 4 heteroatoms. The first-order valence-corrected chi connectivity index (χ1v) is 35.7. The Hall–Kier alpha value is -11.7. The Morgan fingerprint density at radius 3 is 1.12 bits per heavy atom. The predicted octanol–water partition coefficient (Wildman–Crippen LogP) is 28.4. The van der Waals surface area contributed by atoms with Gasteiger partial charge in [0.05, 0.1) is 99.2 Å². The van der Waals surface area contributed by atoms with Crippen molar-refractivity contribution in [1.82, 2.24) is 4.57 Å². The molecule has 518 valence electrons. The summed E-state index contributed by atoms with van der Waals surface area (Å²) in [6, 6.07) is 25.9. The Bertz CT molecular complexity index is 7350. The molecule has 14 aromatic carbocycles. The summed E-state index contributed by atoms with van der Waals surface area (Å²) in [6.45, 7) is 23.9. The highest BCUT2D eigenvalue weighted by atomic mass is 15.3. The first-order chi connectivity index (χ1) is 62.3. The van der Waals surface area contributed by atoms with Gasteiger partial charge in [0.25, 0.3) is 0 Å². The van der Waals surface area contributed by atoms with E-state index in [-0.39, 0.29) is 112 Å². The number of nitrogens with zero attached hydrogens (tertiary/aromatic N) is 4. The van der Waals surface area contributed by atoms with E-state index in [1.807, 2.05) is 130 Å². The SMILES string of the molecule is [2H]c1cc([2H])c([2H])c(-c2cc(C(C)(C)C)cc(-c3c([2H])c([2H])c([2H])c([2H])c3[2H])c2N2c3ccc(-c4cc(C(C)(C)C)cc(C(C)(C)C)c4)cc3N3c4ccc(-n5c6c([2H])c([2H])c([2H])c([2H])c6c6c([2H])c([2H])c([2H])c([2H])c65)cc4N(c4c(-c5c([2H])c([2H])c([2H])c([2H])c5[2H])cc(C(C)(C)C)cc4-c4c([2H])c([2H])c([2H])c([2H])c4[2H])c4cc(C5c6ccccc6Cc6ccccc65)cc2c43)c1[2H]. The molecule has 4 nitrogen and oxygen atoms in total. The van der Waals surface area contributed by atoms with Gasteiger partial charge in [0.15, 0.2) is 0 Å². The third-order valence-corrected chi connectivity index (χ3v) is 20.9. The van der Waals surface area contributed by atoms with E-state index in [1.165, 1.54) is 4.57 Å². The molecule has 0 fully saturated rings. The molecule has 0 atom stereocenters. The predicted molar refractivity (Wildman–Crippen MR) is 451 cm³/mol. The van der Waals surface area contributed by atoms with Gasteiger partial charge >= 0.3 is 0 Å². The van der Waals surface area contributed by atoms with Crippen molar-refractivity contribution in [2.45, 2.75) is 117 Å². The molecule has 0 amide bonds. The van der Waals surface area contributed by atoms with E-state index in [0.29, 0.717) is 28.7 Å². The van der Waals surface area contributed by atoms with E-state index in [2.05, 4.69) is 59.7 Å². The summed E-state index contributed by atoms with van der Waals surface area (Å²) < 4.78 is 265. The van der Waals surface area contributed by atoms with Crippen molar-refractivity contribution in [3.63, 3.8) is 0 Å². The summed E-state index contributed by atoms with van der Waals surface area (Å²) in [5.74, 6) is -0.842. The van der Waals surface area contributed by atoms with Gasteiger partial charge in [-0.2, -0.15) is 0 Å². The quantitative estimate of drug-likeness (QED) is 0.143. The summed E-state index contributed by atoms with van der Waals surface area (Å²) in [5, 5.41) is -0.548. The highest BCUT2D eigenvalue weighted by molar-refractivity contribution is 6.18. The number of benzene rings is 14. The highest BCUT2D eigenvalue weighted by Crippen LogP contribution is 2.68. The Labute approximate surface area is 664 Å². The van der Waals surface area contributed by atoms with Crippen molar-refractivity contribution < 1.29 is 37.0 Å². The van der Waals surface area contributed by atoms with Crippen LogP contribution in [0, 0.1) is 0 Å². The first-order valence-electron chi connectivity index (χ1n) is 49.2. The maximum absolute atomic E-state index is 10.3. The summed E-state index contributed by atoms with van der Waals surface area (Å²) in [7, 11) is 0. The molecule has 106 heavy (non-hydrogen) atoms. The van der Waals surface area contributed by atoms with Crippen LogP contribution in [0.1, 0.15) is 176 Å². The van der Waals surface area contributed by atoms with Crippen molar-refractivity contribution in [2.75, 3.05) is 14.7 Å². The van der Waals surface area contributed by atoms with Crippen LogP contribution in [0.4, 0.5) is 51.2 Å². The molecule has 0 spiro atoms. The van der Waals surface area contributed by atoms with Gasteiger partial charge in [-0.3, -0.25) is 0 Å². The normalized spacial score (nSPS) is 17.1. The number of hydrogen-bond donors (Lipinski definition) is 0. The zero-order valence-corrected chi connectivity index (χ0v) is 60.9. The van der Waals surface area contributed by atoms with Crippen molar-refractivity contribution >= 4 is 73.0 Å². The lowest BCUT2D eigenvalue weighted by atomic mass is 9.74. The van der Waals surface area contributed by atoms with Gasteiger partial charge in [0.1, 0.15) is 0 Å². The van der Waals surface area contributed by atoms with Gasteiger partial charge < -0.3 is 19.3 Å². The van der Waals surface area contributed by atoms with Crippen molar-refractivity contribution in [1.29, 1.82) is 0 Å². The third kappa shape index (κ3) is 11.2. The Morgan fingerprint density at radius 1 is 0.292 bits per heavy atom. The lowest BCUT2D eigenvalue weighted by Gasteiger charge is -2.49. The Balaban J connectivity index is 1.16. The van der Waals surface area contributed by atoms with E-state index in [9.17, 15) is 37.0 Å². The highest BCUT2D eigenvalue weighted by Gasteiger charge is 2.45. The minimum atomic E-state index is -1.04. The average molecular weight is 1400 g/mol. The van der Waals surface area contributed by atoms with E-state index < -0.39 is 202 Å². The Morgan fingerprint density at radius 2 is 0.670 bits per heavy atom. The van der Waals surface area contributed by atoms with Gasteiger partial charge in [-0.05, 0) is 190 Å². The lowest BCUT2D eigenvalue weighted by Crippen LogP contribution is -2.32. The Kier molecular flexibility index (Phi) is 10.1.